The first-order valence-electron chi connectivity index (χ1n) is 8.47. The van der Waals surface area contributed by atoms with Crippen molar-refractivity contribution in [3.63, 3.8) is 0 Å². The Balaban J connectivity index is 1.73. The summed E-state index contributed by atoms with van der Waals surface area (Å²) in [7, 11) is 0. The van der Waals surface area contributed by atoms with E-state index >= 15 is 0 Å². The zero-order valence-corrected chi connectivity index (χ0v) is 14.0. The molecule has 2 atom stereocenters. The van der Waals surface area contributed by atoms with Crippen molar-refractivity contribution in [2.45, 2.75) is 18.5 Å². The molecule has 26 heavy (non-hydrogen) atoms. The molecule has 0 spiro atoms. The zero-order valence-electron chi connectivity index (χ0n) is 14.0. The molecule has 4 rings (SSSR count). The molecule has 1 aliphatic heterocycles. The van der Waals surface area contributed by atoms with Crippen LogP contribution >= 0.6 is 0 Å². The normalized spacial score (nSPS) is 20.4. The van der Waals surface area contributed by atoms with Crippen LogP contribution in [-0.4, -0.2) is 34.9 Å². The Morgan fingerprint density at radius 1 is 1.31 bits per heavy atom. The van der Waals surface area contributed by atoms with Crippen LogP contribution in [0.1, 0.15) is 28.3 Å². The molecular formula is C19H18F2N4O. The number of rotatable bonds is 3. The number of nitrogens with two attached hydrogens (primary N) is 1. The van der Waals surface area contributed by atoms with Gasteiger partial charge in [0.1, 0.15) is 17.5 Å². The first-order valence-corrected chi connectivity index (χ1v) is 8.47. The van der Waals surface area contributed by atoms with Crippen molar-refractivity contribution in [2.75, 3.05) is 13.1 Å². The molecular weight excluding hydrogens is 338 g/mol. The highest BCUT2D eigenvalue weighted by Crippen LogP contribution is 2.29. The molecule has 0 saturated carbocycles. The van der Waals surface area contributed by atoms with Gasteiger partial charge in [-0.2, -0.15) is 5.10 Å². The molecule has 5 nitrogen and oxygen atoms in total. The average molecular weight is 356 g/mol. The third kappa shape index (κ3) is 2.84. The van der Waals surface area contributed by atoms with Crippen molar-refractivity contribution >= 4 is 16.8 Å². The number of piperidine rings is 1. The molecule has 3 aromatic rings. The van der Waals surface area contributed by atoms with Crippen LogP contribution in [0.25, 0.3) is 16.6 Å². The van der Waals surface area contributed by atoms with E-state index in [-0.39, 0.29) is 0 Å². The maximum atomic E-state index is 14.6. The maximum absolute atomic E-state index is 14.6. The number of benzene rings is 2. The summed E-state index contributed by atoms with van der Waals surface area (Å²) in [6, 6.07) is 9.77. The zero-order chi connectivity index (χ0) is 18.3. The summed E-state index contributed by atoms with van der Waals surface area (Å²) in [6.07, 6.45) is 1.03. The molecule has 3 N–H and O–H groups in total. The van der Waals surface area contributed by atoms with Gasteiger partial charge in [-0.05, 0) is 36.7 Å². The van der Waals surface area contributed by atoms with Crippen LogP contribution in [0.3, 0.4) is 0 Å². The van der Waals surface area contributed by atoms with Crippen LogP contribution < -0.4 is 11.1 Å². The Bertz CT molecular complexity index is 985. The molecule has 1 aromatic heterocycles. The second-order valence-electron chi connectivity index (χ2n) is 6.50. The van der Waals surface area contributed by atoms with Gasteiger partial charge >= 0.3 is 0 Å². The summed E-state index contributed by atoms with van der Waals surface area (Å²) in [5.41, 5.74) is 7.01. The van der Waals surface area contributed by atoms with Gasteiger partial charge in [-0.25, -0.2) is 13.5 Å². The Morgan fingerprint density at radius 2 is 2.15 bits per heavy atom. The van der Waals surface area contributed by atoms with Crippen molar-refractivity contribution in [1.82, 2.24) is 15.1 Å². The van der Waals surface area contributed by atoms with Gasteiger partial charge in [0.15, 0.2) is 0 Å². The van der Waals surface area contributed by atoms with Crippen LogP contribution in [-0.2, 0) is 0 Å². The van der Waals surface area contributed by atoms with Crippen LogP contribution in [0.5, 0.6) is 0 Å². The van der Waals surface area contributed by atoms with Crippen LogP contribution in [0.15, 0.2) is 42.6 Å². The van der Waals surface area contributed by atoms with Gasteiger partial charge in [0, 0.05) is 24.0 Å². The second-order valence-corrected chi connectivity index (χ2v) is 6.50. The predicted molar refractivity (Wildman–Crippen MR) is 94.7 cm³/mol. The number of halogens is 2. The number of aromatic nitrogens is 2. The van der Waals surface area contributed by atoms with Crippen molar-refractivity contribution in [3.05, 3.63) is 59.5 Å². The topological polar surface area (TPSA) is 72.9 Å². The van der Waals surface area contributed by atoms with Gasteiger partial charge in [0.2, 0.25) is 0 Å². The van der Waals surface area contributed by atoms with Gasteiger partial charge in [0.25, 0.3) is 5.91 Å². The monoisotopic (exact) mass is 356 g/mol. The number of nitrogens with one attached hydrogen (secondary N) is 1. The van der Waals surface area contributed by atoms with Crippen molar-refractivity contribution < 1.29 is 13.6 Å². The molecule has 2 heterocycles. The number of alkyl halides is 1. The second kappa shape index (κ2) is 6.49. The SMILES string of the molecule is NC(=O)c1cccc2cn(-c3ccc([C@@H]4CNCC[C@H]4F)c(F)c3)nc12. The van der Waals surface area contributed by atoms with Crippen LogP contribution in [0, 0.1) is 5.82 Å². The first kappa shape index (κ1) is 16.7. The molecule has 1 fully saturated rings. The van der Waals surface area contributed by atoms with E-state index in [4.69, 9.17) is 5.73 Å². The van der Waals surface area contributed by atoms with Crippen molar-refractivity contribution in [3.8, 4) is 5.69 Å². The molecule has 0 aliphatic carbocycles. The molecule has 1 saturated heterocycles. The van der Waals surface area contributed by atoms with E-state index in [0.29, 0.717) is 41.8 Å². The lowest BCUT2D eigenvalue weighted by Gasteiger charge is -2.27. The minimum atomic E-state index is -1.05. The number of hydrogen-bond acceptors (Lipinski definition) is 3. The lowest BCUT2D eigenvalue weighted by atomic mass is 9.89. The molecule has 0 unspecified atom stereocenters. The molecule has 1 aliphatic rings. The average Bonchev–Trinajstić information content (AvgIpc) is 3.06. The van der Waals surface area contributed by atoms with Gasteiger partial charge in [0.05, 0.1) is 11.3 Å². The molecule has 7 heteroatoms. The van der Waals surface area contributed by atoms with Gasteiger partial charge < -0.3 is 11.1 Å². The Morgan fingerprint density at radius 3 is 2.88 bits per heavy atom. The quantitative estimate of drug-likeness (QED) is 0.758. The minimum absolute atomic E-state index is 0.312. The molecule has 0 radical (unpaired) electrons. The smallest absolute Gasteiger partial charge is 0.250 e. The van der Waals surface area contributed by atoms with Crippen molar-refractivity contribution in [2.24, 2.45) is 5.73 Å². The van der Waals surface area contributed by atoms with Gasteiger partial charge in [-0.15, -0.1) is 0 Å². The summed E-state index contributed by atoms with van der Waals surface area (Å²) >= 11 is 0. The van der Waals surface area contributed by atoms with Crippen LogP contribution in [0.4, 0.5) is 8.78 Å². The Labute approximate surface area is 148 Å². The molecule has 134 valence electrons. The number of carbonyl (C=O) groups excluding carboxylic acids is 1. The fourth-order valence-electron chi connectivity index (χ4n) is 3.47. The van der Waals surface area contributed by atoms with E-state index in [1.165, 1.54) is 10.7 Å². The number of primary amides is 1. The highest BCUT2D eigenvalue weighted by Gasteiger charge is 2.28. The highest BCUT2D eigenvalue weighted by atomic mass is 19.1. The number of carbonyl (C=O) groups is 1. The van der Waals surface area contributed by atoms with E-state index < -0.39 is 23.8 Å². The van der Waals surface area contributed by atoms with E-state index in [2.05, 4.69) is 10.4 Å². The molecule has 0 bridgehead atoms. The van der Waals surface area contributed by atoms with Crippen molar-refractivity contribution in [1.29, 1.82) is 0 Å². The predicted octanol–water partition coefficient (Wildman–Crippen LogP) is 2.68. The largest absolute Gasteiger partial charge is 0.366 e. The lowest BCUT2D eigenvalue weighted by Crippen LogP contribution is -2.36. The summed E-state index contributed by atoms with van der Waals surface area (Å²) in [4.78, 5) is 11.5. The van der Waals surface area contributed by atoms with Gasteiger partial charge in [-0.1, -0.05) is 18.2 Å². The van der Waals surface area contributed by atoms with E-state index in [1.54, 1.807) is 36.5 Å². The van der Waals surface area contributed by atoms with E-state index in [0.717, 1.165) is 5.39 Å². The number of nitrogens with zero attached hydrogens (tertiary/aromatic N) is 2. The number of hydrogen-bond donors (Lipinski definition) is 2. The van der Waals surface area contributed by atoms with Gasteiger partial charge in [-0.3, -0.25) is 4.79 Å². The minimum Gasteiger partial charge on any atom is -0.366 e. The third-order valence-corrected chi connectivity index (χ3v) is 4.85. The summed E-state index contributed by atoms with van der Waals surface area (Å²) in [5, 5.41) is 8.20. The maximum Gasteiger partial charge on any atom is 0.250 e. The Hall–Kier alpha value is -2.80. The fourth-order valence-corrected chi connectivity index (χ4v) is 3.47. The highest BCUT2D eigenvalue weighted by molar-refractivity contribution is 6.04. The molecule has 1 amide bonds. The summed E-state index contributed by atoms with van der Waals surface area (Å²) in [5.74, 6) is -1.52. The van der Waals surface area contributed by atoms with E-state index in [9.17, 15) is 13.6 Å². The number of amides is 1. The summed E-state index contributed by atoms with van der Waals surface area (Å²) < 4.78 is 30.3. The Kier molecular flexibility index (Phi) is 4.16. The first-order chi connectivity index (χ1) is 12.5. The third-order valence-electron chi connectivity index (χ3n) is 4.85. The van der Waals surface area contributed by atoms with Crippen LogP contribution in [0.2, 0.25) is 0 Å². The standard InChI is InChI=1S/C19H18F2N4O/c20-16-6-7-23-9-15(16)13-5-4-12(8-17(13)21)25-10-11-2-1-3-14(19(22)26)18(11)24-25/h1-5,8,10,15-16,23H,6-7,9H2,(H2,22,26)/t15-,16+/m0/s1. The van der Waals surface area contributed by atoms with E-state index in [1.807, 2.05) is 0 Å². The summed E-state index contributed by atoms with van der Waals surface area (Å²) in [6.45, 7) is 1.03. The number of fused-ring (bicyclic) bond motifs is 1. The molecule has 2 aromatic carbocycles. The fraction of sp³-hybridized carbons (Fsp3) is 0.263. The lowest BCUT2D eigenvalue weighted by molar-refractivity contribution is 0.100.